The lowest BCUT2D eigenvalue weighted by molar-refractivity contribution is -0.137. The van der Waals surface area contributed by atoms with Crippen LogP contribution in [-0.4, -0.2) is 60.9 Å². The molecule has 1 aromatic carbocycles. The molecule has 8 heteroatoms. The van der Waals surface area contributed by atoms with Gasteiger partial charge in [-0.3, -0.25) is 9.78 Å². The summed E-state index contributed by atoms with van der Waals surface area (Å²) >= 11 is 0. The van der Waals surface area contributed by atoms with Crippen molar-refractivity contribution in [2.75, 3.05) is 24.7 Å². The molecule has 7 nitrogen and oxygen atoms in total. The molecule has 31 heavy (non-hydrogen) atoms. The molecular weight excluding hydrogens is 416 g/mol. The Labute approximate surface area is 182 Å². The van der Waals surface area contributed by atoms with Gasteiger partial charge in [0.05, 0.1) is 22.6 Å². The van der Waals surface area contributed by atoms with Gasteiger partial charge in [-0.05, 0) is 43.2 Å². The number of esters is 1. The van der Waals surface area contributed by atoms with E-state index in [0.29, 0.717) is 18.5 Å². The van der Waals surface area contributed by atoms with Crippen molar-refractivity contribution in [2.45, 2.75) is 45.6 Å². The number of ether oxygens (including phenoxy) is 1. The number of hydrogen-bond donors (Lipinski definition) is 0. The molecule has 166 valence electrons. The number of rotatable bonds is 6. The lowest BCUT2D eigenvalue weighted by Gasteiger charge is -2.29. The second kappa shape index (κ2) is 8.57. The summed E-state index contributed by atoms with van der Waals surface area (Å²) in [4.78, 5) is 32.3. The van der Waals surface area contributed by atoms with E-state index in [1.165, 1.54) is 0 Å². The Morgan fingerprint density at radius 2 is 2.00 bits per heavy atom. The SMILES string of the molecule is CC(C)CN(C(=O)COC(=O)c1c2c(nc3ccccc13)CCC2)C1CCS(=O)(=O)C1. The van der Waals surface area contributed by atoms with Crippen LogP contribution < -0.4 is 0 Å². The molecule has 4 rings (SSSR count). The Balaban J connectivity index is 1.53. The number of hydrogen-bond acceptors (Lipinski definition) is 6. The van der Waals surface area contributed by atoms with Gasteiger partial charge < -0.3 is 9.64 Å². The van der Waals surface area contributed by atoms with Crippen LogP contribution in [0.1, 0.15) is 48.3 Å². The number of pyridine rings is 1. The molecule has 0 bridgehead atoms. The van der Waals surface area contributed by atoms with E-state index in [4.69, 9.17) is 4.74 Å². The highest BCUT2D eigenvalue weighted by atomic mass is 32.2. The molecule has 0 spiro atoms. The lowest BCUT2D eigenvalue weighted by atomic mass is 10.0. The van der Waals surface area contributed by atoms with Crippen LogP contribution >= 0.6 is 0 Å². The summed E-state index contributed by atoms with van der Waals surface area (Å²) in [7, 11) is -3.12. The molecule has 1 aliphatic heterocycles. The Morgan fingerprint density at radius 3 is 2.71 bits per heavy atom. The molecule has 1 amide bonds. The summed E-state index contributed by atoms with van der Waals surface area (Å²) in [5, 5.41) is 0.738. The third-order valence-electron chi connectivity index (χ3n) is 5.98. The molecular formula is C23H28N2O5S. The first-order valence-corrected chi connectivity index (χ1v) is 12.6. The second-order valence-electron chi connectivity index (χ2n) is 8.86. The van der Waals surface area contributed by atoms with Crippen LogP contribution in [0, 0.1) is 5.92 Å². The zero-order valence-corrected chi connectivity index (χ0v) is 18.8. The molecule has 0 radical (unpaired) electrons. The second-order valence-corrected chi connectivity index (χ2v) is 11.1. The summed E-state index contributed by atoms with van der Waals surface area (Å²) in [5.41, 5.74) is 3.09. The van der Waals surface area contributed by atoms with E-state index in [1.807, 2.05) is 38.1 Å². The largest absolute Gasteiger partial charge is 0.452 e. The first kappa shape index (κ1) is 21.7. The molecule has 0 N–H and O–H groups in total. The van der Waals surface area contributed by atoms with Crippen LogP contribution in [0.15, 0.2) is 24.3 Å². The smallest absolute Gasteiger partial charge is 0.339 e. The topological polar surface area (TPSA) is 93.6 Å². The van der Waals surface area contributed by atoms with Crippen molar-refractivity contribution in [3.05, 3.63) is 41.1 Å². The summed E-state index contributed by atoms with van der Waals surface area (Å²) in [5.74, 6) is -0.626. The molecule has 2 aliphatic rings. The summed E-state index contributed by atoms with van der Waals surface area (Å²) in [6.45, 7) is 3.99. The predicted octanol–water partition coefficient (Wildman–Crippen LogP) is 2.55. The molecule has 1 aliphatic carbocycles. The highest BCUT2D eigenvalue weighted by Gasteiger charge is 2.35. The maximum atomic E-state index is 13.1. The van der Waals surface area contributed by atoms with Gasteiger partial charge in [0.1, 0.15) is 0 Å². The third kappa shape index (κ3) is 4.59. The first-order valence-electron chi connectivity index (χ1n) is 10.8. The first-order chi connectivity index (χ1) is 14.7. The Bertz CT molecular complexity index is 1130. The quantitative estimate of drug-likeness (QED) is 0.636. The van der Waals surface area contributed by atoms with E-state index in [9.17, 15) is 18.0 Å². The van der Waals surface area contributed by atoms with Gasteiger partial charge in [-0.1, -0.05) is 32.0 Å². The van der Waals surface area contributed by atoms with E-state index >= 15 is 0 Å². The lowest BCUT2D eigenvalue weighted by Crippen LogP contribution is -2.45. The van der Waals surface area contributed by atoms with Gasteiger partial charge in [0, 0.05) is 23.7 Å². The van der Waals surface area contributed by atoms with Gasteiger partial charge in [0.25, 0.3) is 5.91 Å². The van der Waals surface area contributed by atoms with Crippen molar-refractivity contribution in [2.24, 2.45) is 5.92 Å². The van der Waals surface area contributed by atoms with Crippen molar-refractivity contribution in [1.29, 1.82) is 0 Å². The van der Waals surface area contributed by atoms with Gasteiger partial charge >= 0.3 is 5.97 Å². The Hall–Kier alpha value is -2.48. The van der Waals surface area contributed by atoms with Crippen LogP contribution in [0.25, 0.3) is 10.9 Å². The average Bonchev–Trinajstić information content (AvgIpc) is 3.33. The average molecular weight is 445 g/mol. The minimum Gasteiger partial charge on any atom is -0.452 e. The number of nitrogens with zero attached hydrogens (tertiary/aromatic N) is 2. The highest BCUT2D eigenvalue weighted by molar-refractivity contribution is 7.91. The van der Waals surface area contributed by atoms with Crippen molar-refractivity contribution in [3.8, 4) is 0 Å². The van der Waals surface area contributed by atoms with E-state index in [2.05, 4.69) is 4.98 Å². The van der Waals surface area contributed by atoms with E-state index < -0.39 is 22.4 Å². The van der Waals surface area contributed by atoms with E-state index in [1.54, 1.807) is 4.90 Å². The molecule has 1 saturated heterocycles. The number of amides is 1. The maximum Gasteiger partial charge on any atom is 0.339 e. The Kier molecular flexibility index (Phi) is 6.01. The monoisotopic (exact) mass is 444 g/mol. The number of carbonyl (C=O) groups excluding carboxylic acids is 2. The minimum absolute atomic E-state index is 0.0259. The number of sulfone groups is 1. The van der Waals surface area contributed by atoms with Crippen molar-refractivity contribution in [1.82, 2.24) is 9.88 Å². The predicted molar refractivity (Wildman–Crippen MR) is 118 cm³/mol. The number of fused-ring (bicyclic) bond motifs is 2. The van der Waals surface area contributed by atoms with Crippen LogP contribution in [-0.2, 0) is 32.2 Å². The minimum atomic E-state index is -3.12. The highest BCUT2D eigenvalue weighted by Crippen LogP contribution is 2.30. The number of para-hydroxylation sites is 1. The van der Waals surface area contributed by atoms with Gasteiger partial charge in [0.15, 0.2) is 16.4 Å². The summed E-state index contributed by atoms with van der Waals surface area (Å²) < 4.78 is 29.3. The normalized spacial score (nSPS) is 19.5. The zero-order chi connectivity index (χ0) is 22.2. The van der Waals surface area contributed by atoms with E-state index in [0.717, 1.165) is 41.4 Å². The van der Waals surface area contributed by atoms with Crippen molar-refractivity contribution in [3.63, 3.8) is 0 Å². The fourth-order valence-corrected chi connectivity index (χ4v) is 6.33. The van der Waals surface area contributed by atoms with Gasteiger partial charge in [0.2, 0.25) is 0 Å². The van der Waals surface area contributed by atoms with Crippen LogP contribution in [0.3, 0.4) is 0 Å². The van der Waals surface area contributed by atoms with Gasteiger partial charge in [-0.15, -0.1) is 0 Å². The molecule has 1 atom stereocenters. The zero-order valence-electron chi connectivity index (χ0n) is 18.0. The van der Waals surface area contributed by atoms with Gasteiger partial charge in [-0.2, -0.15) is 0 Å². The third-order valence-corrected chi connectivity index (χ3v) is 7.73. The summed E-state index contributed by atoms with van der Waals surface area (Å²) in [6.07, 6.45) is 2.97. The fourth-order valence-electron chi connectivity index (χ4n) is 4.60. The van der Waals surface area contributed by atoms with Gasteiger partial charge in [-0.25, -0.2) is 13.2 Å². The molecule has 0 saturated carbocycles. The summed E-state index contributed by atoms with van der Waals surface area (Å²) in [6, 6.07) is 7.12. The number of aryl methyl sites for hydroxylation is 1. The molecule has 2 heterocycles. The van der Waals surface area contributed by atoms with Crippen LogP contribution in [0.4, 0.5) is 0 Å². The Morgan fingerprint density at radius 1 is 1.23 bits per heavy atom. The standard InChI is InChI=1S/C23H28N2O5S/c1-15(2)12-25(16-10-11-31(28,29)14-16)21(26)13-30-23(27)22-17-6-3-4-8-19(17)24-20-9-5-7-18(20)22/h3-4,6,8,15-16H,5,7,9-14H2,1-2H3. The van der Waals surface area contributed by atoms with Crippen molar-refractivity contribution < 1.29 is 22.7 Å². The van der Waals surface area contributed by atoms with Crippen LogP contribution in [0.2, 0.25) is 0 Å². The molecule has 1 fully saturated rings. The van der Waals surface area contributed by atoms with Crippen LogP contribution in [0.5, 0.6) is 0 Å². The van der Waals surface area contributed by atoms with Crippen molar-refractivity contribution >= 4 is 32.6 Å². The number of aromatic nitrogens is 1. The van der Waals surface area contributed by atoms with E-state index in [-0.39, 0.29) is 29.4 Å². The molecule has 1 unspecified atom stereocenters. The number of benzene rings is 1. The number of carbonyl (C=O) groups is 2. The maximum absolute atomic E-state index is 13.1. The molecule has 2 aromatic rings. The fraction of sp³-hybridized carbons (Fsp3) is 0.522. The molecule has 1 aromatic heterocycles.